The van der Waals surface area contributed by atoms with Gasteiger partial charge in [0.25, 0.3) is 0 Å². The molecule has 2 aliphatic rings. The lowest BCUT2D eigenvalue weighted by molar-refractivity contribution is -0.117. The van der Waals surface area contributed by atoms with Gasteiger partial charge in [-0.15, -0.1) is 0 Å². The molecule has 3 atom stereocenters. The number of carbonyl (C=O) groups excluding carboxylic acids is 1. The number of nitrogens with zero attached hydrogens (tertiary/aromatic N) is 4. The summed E-state index contributed by atoms with van der Waals surface area (Å²) in [6.07, 6.45) is 5.87. The van der Waals surface area contributed by atoms with Crippen molar-refractivity contribution in [2.24, 2.45) is 11.8 Å². The predicted molar refractivity (Wildman–Crippen MR) is 103 cm³/mol. The van der Waals surface area contributed by atoms with E-state index in [4.69, 9.17) is 4.74 Å². The van der Waals surface area contributed by atoms with E-state index >= 15 is 0 Å². The largest absolute Gasteiger partial charge is 0.481 e. The number of hydrogen-bond donors (Lipinski definition) is 1. The summed E-state index contributed by atoms with van der Waals surface area (Å²) in [7, 11) is 1.59. The molecule has 1 N–H and O–H groups in total. The second-order valence-electron chi connectivity index (χ2n) is 7.51. The highest BCUT2D eigenvalue weighted by Crippen LogP contribution is 2.50. The second-order valence-corrected chi connectivity index (χ2v) is 7.51. The minimum absolute atomic E-state index is 0.0265. The van der Waals surface area contributed by atoms with Crippen molar-refractivity contribution in [1.82, 2.24) is 15.0 Å². The number of hydrogen-bond acceptors (Lipinski definition) is 6. The SMILES string of the molecule is COc1cc2c(cn1)C(Nc1nccc(C)n1)[C@@H](C)[C@H](C1CC1)N2C(C)=O. The molecule has 142 valence electrons. The summed E-state index contributed by atoms with van der Waals surface area (Å²) >= 11 is 0. The average molecular weight is 367 g/mol. The molecule has 2 aromatic rings. The first-order chi connectivity index (χ1) is 13.0. The summed E-state index contributed by atoms with van der Waals surface area (Å²) in [6, 6.07) is 3.86. The highest BCUT2D eigenvalue weighted by atomic mass is 16.5. The first kappa shape index (κ1) is 17.7. The number of nitrogens with one attached hydrogen (secondary N) is 1. The van der Waals surface area contributed by atoms with Crippen LogP contribution in [0.2, 0.25) is 0 Å². The third kappa shape index (κ3) is 3.22. The van der Waals surface area contributed by atoms with Gasteiger partial charge < -0.3 is 15.0 Å². The molecule has 1 fully saturated rings. The zero-order valence-corrected chi connectivity index (χ0v) is 16.1. The molecular formula is C20H25N5O2. The van der Waals surface area contributed by atoms with E-state index in [9.17, 15) is 4.79 Å². The first-order valence-electron chi connectivity index (χ1n) is 9.39. The Morgan fingerprint density at radius 1 is 1.33 bits per heavy atom. The molecule has 3 heterocycles. The van der Waals surface area contributed by atoms with Gasteiger partial charge in [-0.05, 0) is 31.7 Å². The van der Waals surface area contributed by atoms with Crippen LogP contribution in [0.5, 0.6) is 5.88 Å². The van der Waals surface area contributed by atoms with Crippen molar-refractivity contribution in [2.45, 2.75) is 45.7 Å². The maximum atomic E-state index is 12.6. The Kier molecular flexibility index (Phi) is 4.45. The molecule has 7 nitrogen and oxygen atoms in total. The van der Waals surface area contributed by atoms with E-state index < -0.39 is 0 Å². The van der Waals surface area contributed by atoms with Crippen LogP contribution in [-0.2, 0) is 4.79 Å². The number of carbonyl (C=O) groups is 1. The molecule has 0 radical (unpaired) electrons. The molecule has 0 spiro atoms. The summed E-state index contributed by atoms with van der Waals surface area (Å²) in [4.78, 5) is 27.8. The molecule has 7 heteroatoms. The van der Waals surface area contributed by atoms with Crippen molar-refractivity contribution in [3.8, 4) is 5.88 Å². The zero-order chi connectivity index (χ0) is 19.1. The van der Waals surface area contributed by atoms with Crippen LogP contribution in [0.1, 0.15) is 44.0 Å². The van der Waals surface area contributed by atoms with Crippen molar-refractivity contribution in [1.29, 1.82) is 0 Å². The number of anilines is 2. The van der Waals surface area contributed by atoms with E-state index in [1.165, 1.54) is 0 Å². The van der Waals surface area contributed by atoms with E-state index in [1.807, 2.05) is 24.0 Å². The van der Waals surface area contributed by atoms with Gasteiger partial charge in [0.2, 0.25) is 17.7 Å². The standard InChI is InChI=1S/C20H25N5O2/c1-11-7-8-21-20(23-11)24-18-12(2)19(14-5-6-14)25(13(3)26)16-9-17(27-4)22-10-15(16)18/h7-10,12,14,18-19H,5-6H2,1-4H3,(H,21,23,24)/t12-,18?,19-/m1/s1. The predicted octanol–water partition coefficient (Wildman–Crippen LogP) is 3.12. The highest BCUT2D eigenvalue weighted by Gasteiger charge is 2.48. The third-order valence-electron chi connectivity index (χ3n) is 5.58. The second kappa shape index (κ2) is 6.79. The molecule has 1 aliphatic heterocycles. The zero-order valence-electron chi connectivity index (χ0n) is 16.1. The number of pyridine rings is 1. The smallest absolute Gasteiger partial charge is 0.224 e. The van der Waals surface area contributed by atoms with Crippen molar-refractivity contribution in [3.05, 3.63) is 35.8 Å². The molecule has 0 saturated heterocycles. The van der Waals surface area contributed by atoms with Crippen LogP contribution in [0.15, 0.2) is 24.5 Å². The molecular weight excluding hydrogens is 342 g/mol. The normalized spacial score (nSPS) is 24.3. The van der Waals surface area contributed by atoms with Gasteiger partial charge in [0.1, 0.15) is 0 Å². The number of amides is 1. The third-order valence-corrected chi connectivity index (χ3v) is 5.58. The number of rotatable bonds is 4. The lowest BCUT2D eigenvalue weighted by Gasteiger charge is -2.45. The molecule has 2 aromatic heterocycles. The first-order valence-corrected chi connectivity index (χ1v) is 9.39. The Bertz CT molecular complexity index is 867. The Morgan fingerprint density at radius 3 is 2.74 bits per heavy atom. The van der Waals surface area contributed by atoms with Crippen LogP contribution in [0.4, 0.5) is 11.6 Å². The number of ether oxygens (including phenoxy) is 1. The topological polar surface area (TPSA) is 80.2 Å². The minimum Gasteiger partial charge on any atom is -0.481 e. The molecule has 1 amide bonds. The van der Waals surface area contributed by atoms with Crippen LogP contribution in [0, 0.1) is 18.8 Å². The Balaban J connectivity index is 1.80. The van der Waals surface area contributed by atoms with Gasteiger partial charge in [-0.2, -0.15) is 0 Å². The number of aryl methyl sites for hydroxylation is 1. The fourth-order valence-electron chi connectivity index (χ4n) is 4.20. The molecule has 1 saturated carbocycles. The Morgan fingerprint density at radius 2 is 2.11 bits per heavy atom. The molecule has 4 rings (SSSR count). The summed E-state index contributed by atoms with van der Waals surface area (Å²) in [5, 5.41) is 3.50. The van der Waals surface area contributed by atoms with Gasteiger partial charge in [-0.1, -0.05) is 6.92 Å². The van der Waals surface area contributed by atoms with Crippen molar-refractivity contribution in [2.75, 3.05) is 17.3 Å². The lowest BCUT2D eigenvalue weighted by atomic mass is 9.80. The summed E-state index contributed by atoms with van der Waals surface area (Å²) in [6.45, 7) is 5.78. The lowest BCUT2D eigenvalue weighted by Crippen LogP contribution is -2.51. The van der Waals surface area contributed by atoms with Gasteiger partial charge in [0.05, 0.1) is 18.8 Å². The van der Waals surface area contributed by atoms with Gasteiger partial charge in [0.15, 0.2) is 0 Å². The van der Waals surface area contributed by atoms with Gasteiger partial charge in [-0.3, -0.25) is 4.79 Å². The quantitative estimate of drug-likeness (QED) is 0.894. The summed E-state index contributed by atoms with van der Waals surface area (Å²) in [5.74, 6) is 1.89. The highest BCUT2D eigenvalue weighted by molar-refractivity contribution is 5.94. The fourth-order valence-corrected chi connectivity index (χ4v) is 4.20. The van der Waals surface area contributed by atoms with Crippen molar-refractivity contribution < 1.29 is 9.53 Å². The van der Waals surface area contributed by atoms with Crippen LogP contribution >= 0.6 is 0 Å². The van der Waals surface area contributed by atoms with Gasteiger partial charge >= 0.3 is 0 Å². The number of methoxy groups -OCH3 is 1. The number of aromatic nitrogens is 3. The van der Waals surface area contributed by atoms with Crippen LogP contribution in [0.25, 0.3) is 0 Å². The maximum Gasteiger partial charge on any atom is 0.224 e. The maximum absolute atomic E-state index is 12.6. The molecule has 27 heavy (non-hydrogen) atoms. The van der Waals surface area contributed by atoms with E-state index in [0.29, 0.717) is 17.7 Å². The molecule has 1 unspecified atom stereocenters. The summed E-state index contributed by atoms with van der Waals surface area (Å²) in [5.41, 5.74) is 2.75. The van der Waals surface area contributed by atoms with E-state index in [1.54, 1.807) is 26.4 Å². The van der Waals surface area contributed by atoms with E-state index in [2.05, 4.69) is 27.2 Å². The van der Waals surface area contributed by atoms with E-state index in [-0.39, 0.29) is 23.9 Å². The van der Waals surface area contributed by atoms with Crippen LogP contribution in [-0.4, -0.2) is 34.0 Å². The summed E-state index contributed by atoms with van der Waals surface area (Å²) < 4.78 is 5.32. The fraction of sp³-hybridized carbons (Fsp3) is 0.500. The number of fused-ring (bicyclic) bond motifs is 1. The van der Waals surface area contributed by atoms with Crippen molar-refractivity contribution >= 4 is 17.5 Å². The Hall–Kier alpha value is -2.70. The van der Waals surface area contributed by atoms with Gasteiger partial charge in [-0.25, -0.2) is 15.0 Å². The molecule has 0 bridgehead atoms. The Labute approximate surface area is 159 Å². The van der Waals surface area contributed by atoms with Crippen LogP contribution < -0.4 is 15.0 Å². The van der Waals surface area contributed by atoms with Crippen LogP contribution in [0.3, 0.4) is 0 Å². The van der Waals surface area contributed by atoms with Crippen molar-refractivity contribution in [3.63, 3.8) is 0 Å². The van der Waals surface area contributed by atoms with Gasteiger partial charge in [0, 0.05) is 48.6 Å². The monoisotopic (exact) mass is 367 g/mol. The average Bonchev–Trinajstić information content (AvgIpc) is 3.47. The molecule has 1 aliphatic carbocycles. The molecule has 0 aromatic carbocycles. The van der Waals surface area contributed by atoms with E-state index in [0.717, 1.165) is 29.8 Å². The minimum atomic E-state index is -0.0265.